The highest BCUT2D eigenvalue weighted by Gasteiger charge is 2.14. The molecule has 2 aromatic rings. The summed E-state index contributed by atoms with van der Waals surface area (Å²) >= 11 is 1.28. The SMILES string of the molecule is COc1ccccc1C(=O)OCC(=O)Nc1nccs1. The Morgan fingerprint density at radius 1 is 1.35 bits per heavy atom. The number of esters is 1. The molecule has 1 N–H and O–H groups in total. The Morgan fingerprint density at radius 2 is 2.15 bits per heavy atom. The molecular weight excluding hydrogens is 280 g/mol. The third-order valence-electron chi connectivity index (χ3n) is 2.34. The molecule has 0 unspecified atom stereocenters. The van der Waals surface area contributed by atoms with Crippen LogP contribution in [0.25, 0.3) is 0 Å². The van der Waals surface area contributed by atoms with E-state index in [2.05, 4.69) is 10.3 Å². The van der Waals surface area contributed by atoms with Crippen LogP contribution in [-0.4, -0.2) is 30.6 Å². The van der Waals surface area contributed by atoms with Crippen LogP contribution in [0.15, 0.2) is 35.8 Å². The maximum atomic E-state index is 11.8. The molecule has 0 aliphatic carbocycles. The Hall–Kier alpha value is -2.41. The summed E-state index contributed by atoms with van der Waals surface area (Å²) in [5, 5.41) is 4.71. The summed E-state index contributed by atoms with van der Waals surface area (Å²) in [6, 6.07) is 6.64. The van der Waals surface area contributed by atoms with Gasteiger partial charge in [0.05, 0.1) is 7.11 Å². The highest BCUT2D eigenvalue weighted by atomic mass is 32.1. The van der Waals surface area contributed by atoms with E-state index in [-0.39, 0.29) is 12.2 Å². The first-order valence-electron chi connectivity index (χ1n) is 5.70. The number of thiazole rings is 1. The first-order valence-corrected chi connectivity index (χ1v) is 6.58. The normalized spacial score (nSPS) is 9.85. The maximum Gasteiger partial charge on any atom is 0.342 e. The number of ether oxygens (including phenoxy) is 2. The van der Waals surface area contributed by atoms with Crippen molar-refractivity contribution in [3.63, 3.8) is 0 Å². The molecule has 0 aliphatic heterocycles. The summed E-state index contributed by atoms with van der Waals surface area (Å²) in [6.45, 7) is -0.379. The van der Waals surface area contributed by atoms with Crippen molar-refractivity contribution in [2.45, 2.75) is 0 Å². The molecule has 104 valence electrons. The van der Waals surface area contributed by atoms with E-state index in [1.165, 1.54) is 18.4 Å². The number of hydrogen-bond acceptors (Lipinski definition) is 6. The predicted molar refractivity (Wildman–Crippen MR) is 74.0 cm³/mol. The number of para-hydroxylation sites is 1. The number of nitrogens with zero attached hydrogens (tertiary/aromatic N) is 1. The third kappa shape index (κ3) is 3.55. The van der Waals surface area contributed by atoms with Gasteiger partial charge in [-0.05, 0) is 12.1 Å². The molecule has 0 saturated carbocycles. The molecular formula is C13H12N2O4S. The van der Waals surface area contributed by atoms with E-state index in [1.54, 1.807) is 35.8 Å². The molecule has 7 heteroatoms. The van der Waals surface area contributed by atoms with Crippen molar-refractivity contribution in [3.05, 3.63) is 41.4 Å². The fourth-order valence-corrected chi connectivity index (χ4v) is 2.01. The fourth-order valence-electron chi connectivity index (χ4n) is 1.46. The van der Waals surface area contributed by atoms with E-state index < -0.39 is 11.9 Å². The quantitative estimate of drug-likeness (QED) is 0.852. The second kappa shape index (κ2) is 6.67. The number of anilines is 1. The van der Waals surface area contributed by atoms with E-state index in [9.17, 15) is 9.59 Å². The molecule has 1 aromatic carbocycles. The van der Waals surface area contributed by atoms with E-state index in [0.29, 0.717) is 10.9 Å². The summed E-state index contributed by atoms with van der Waals surface area (Å²) in [4.78, 5) is 27.3. The molecule has 1 aromatic heterocycles. The van der Waals surface area contributed by atoms with E-state index in [1.807, 2.05) is 0 Å². The van der Waals surface area contributed by atoms with E-state index >= 15 is 0 Å². The molecule has 0 saturated heterocycles. The largest absolute Gasteiger partial charge is 0.496 e. The minimum Gasteiger partial charge on any atom is -0.496 e. The average molecular weight is 292 g/mol. The lowest BCUT2D eigenvalue weighted by atomic mass is 10.2. The van der Waals surface area contributed by atoms with Gasteiger partial charge in [-0.15, -0.1) is 11.3 Å². The number of amides is 1. The zero-order valence-corrected chi connectivity index (χ0v) is 11.5. The van der Waals surface area contributed by atoms with Crippen LogP contribution in [0, 0.1) is 0 Å². The van der Waals surface area contributed by atoms with Crippen molar-refractivity contribution in [2.24, 2.45) is 0 Å². The summed E-state index contributed by atoms with van der Waals surface area (Å²) in [6.07, 6.45) is 1.57. The van der Waals surface area contributed by atoms with Crippen molar-refractivity contribution in [2.75, 3.05) is 19.0 Å². The minimum absolute atomic E-state index is 0.275. The second-order valence-electron chi connectivity index (χ2n) is 3.66. The number of nitrogens with one attached hydrogen (secondary N) is 1. The number of carbonyl (C=O) groups excluding carboxylic acids is 2. The summed E-state index contributed by atoms with van der Waals surface area (Å²) in [5.74, 6) is -0.655. The molecule has 6 nitrogen and oxygen atoms in total. The van der Waals surface area contributed by atoms with Gasteiger partial charge in [-0.25, -0.2) is 9.78 Å². The van der Waals surface area contributed by atoms with Crippen LogP contribution in [0.4, 0.5) is 5.13 Å². The standard InChI is InChI=1S/C13H12N2O4S/c1-18-10-5-3-2-4-9(10)12(17)19-8-11(16)15-13-14-6-7-20-13/h2-7H,8H2,1H3,(H,14,15,16). The third-order valence-corrected chi connectivity index (χ3v) is 3.03. The lowest BCUT2D eigenvalue weighted by Gasteiger charge is -2.08. The maximum absolute atomic E-state index is 11.8. The van der Waals surface area contributed by atoms with Crippen LogP contribution < -0.4 is 10.1 Å². The van der Waals surface area contributed by atoms with Gasteiger partial charge < -0.3 is 9.47 Å². The lowest BCUT2D eigenvalue weighted by molar-refractivity contribution is -0.119. The average Bonchev–Trinajstić information content (AvgIpc) is 2.97. The van der Waals surface area contributed by atoms with Gasteiger partial charge in [-0.3, -0.25) is 10.1 Å². The number of aromatic nitrogens is 1. The molecule has 0 aliphatic rings. The van der Waals surface area contributed by atoms with Crippen LogP contribution in [0.3, 0.4) is 0 Å². The highest BCUT2D eigenvalue weighted by Crippen LogP contribution is 2.18. The van der Waals surface area contributed by atoms with Gasteiger partial charge in [0, 0.05) is 11.6 Å². The molecule has 20 heavy (non-hydrogen) atoms. The van der Waals surface area contributed by atoms with Gasteiger partial charge in [0.25, 0.3) is 5.91 Å². The van der Waals surface area contributed by atoms with Crippen molar-refractivity contribution in [3.8, 4) is 5.75 Å². The Balaban J connectivity index is 1.90. The Morgan fingerprint density at radius 3 is 2.85 bits per heavy atom. The van der Waals surface area contributed by atoms with Crippen LogP contribution >= 0.6 is 11.3 Å². The highest BCUT2D eigenvalue weighted by molar-refractivity contribution is 7.13. The molecule has 0 radical (unpaired) electrons. The van der Waals surface area contributed by atoms with Gasteiger partial charge in [-0.2, -0.15) is 0 Å². The van der Waals surface area contributed by atoms with Gasteiger partial charge >= 0.3 is 5.97 Å². The van der Waals surface area contributed by atoms with Crippen molar-refractivity contribution in [1.82, 2.24) is 4.98 Å². The molecule has 1 heterocycles. The summed E-state index contributed by atoms with van der Waals surface area (Å²) in [7, 11) is 1.46. The number of benzene rings is 1. The monoisotopic (exact) mass is 292 g/mol. The van der Waals surface area contributed by atoms with Crippen LogP contribution in [0.2, 0.25) is 0 Å². The predicted octanol–water partition coefficient (Wildman–Crippen LogP) is 1.95. The molecule has 0 atom stereocenters. The fraction of sp³-hybridized carbons (Fsp3) is 0.154. The van der Waals surface area contributed by atoms with Gasteiger partial charge in [0.2, 0.25) is 0 Å². The van der Waals surface area contributed by atoms with Gasteiger partial charge in [0.15, 0.2) is 11.7 Å². The topological polar surface area (TPSA) is 77.5 Å². The van der Waals surface area contributed by atoms with E-state index in [0.717, 1.165) is 0 Å². The molecule has 0 fully saturated rings. The first-order chi connectivity index (χ1) is 9.70. The number of methoxy groups -OCH3 is 1. The zero-order valence-electron chi connectivity index (χ0n) is 10.7. The zero-order chi connectivity index (χ0) is 14.4. The Bertz CT molecular complexity index is 598. The second-order valence-corrected chi connectivity index (χ2v) is 4.56. The van der Waals surface area contributed by atoms with Crippen LogP contribution in [0.5, 0.6) is 5.75 Å². The van der Waals surface area contributed by atoms with Gasteiger partial charge in [-0.1, -0.05) is 12.1 Å². The summed E-state index contributed by atoms with van der Waals surface area (Å²) < 4.78 is 9.98. The van der Waals surface area contributed by atoms with Crippen molar-refractivity contribution >= 4 is 28.3 Å². The summed E-state index contributed by atoms with van der Waals surface area (Å²) in [5.41, 5.74) is 0.275. The Kier molecular flexibility index (Phi) is 4.67. The number of hydrogen-bond donors (Lipinski definition) is 1. The first kappa shape index (κ1) is 14.0. The number of rotatable bonds is 5. The van der Waals surface area contributed by atoms with E-state index in [4.69, 9.17) is 9.47 Å². The molecule has 2 rings (SSSR count). The molecule has 0 spiro atoms. The van der Waals surface area contributed by atoms with Crippen molar-refractivity contribution < 1.29 is 19.1 Å². The van der Waals surface area contributed by atoms with Crippen LogP contribution in [0.1, 0.15) is 10.4 Å². The minimum atomic E-state index is -0.614. The molecule has 1 amide bonds. The Labute approximate surface area is 119 Å². The van der Waals surface area contributed by atoms with Crippen LogP contribution in [-0.2, 0) is 9.53 Å². The van der Waals surface area contributed by atoms with Gasteiger partial charge in [0.1, 0.15) is 11.3 Å². The molecule has 0 bridgehead atoms. The lowest BCUT2D eigenvalue weighted by Crippen LogP contribution is -2.21. The van der Waals surface area contributed by atoms with Crippen molar-refractivity contribution in [1.29, 1.82) is 0 Å². The number of carbonyl (C=O) groups is 2. The smallest absolute Gasteiger partial charge is 0.342 e.